The van der Waals surface area contributed by atoms with Gasteiger partial charge in [-0.2, -0.15) is 0 Å². The third kappa shape index (κ3) is 3.22. The Morgan fingerprint density at radius 1 is 1.25 bits per heavy atom. The van der Waals surface area contributed by atoms with Crippen LogP contribution in [-0.4, -0.2) is 28.1 Å². The Kier molecular flexibility index (Phi) is 4.46. The van der Waals surface area contributed by atoms with Crippen LogP contribution in [0.1, 0.15) is 36.4 Å². The lowest BCUT2D eigenvalue weighted by Gasteiger charge is -2.19. The van der Waals surface area contributed by atoms with Gasteiger partial charge in [0.15, 0.2) is 6.10 Å². The van der Waals surface area contributed by atoms with Crippen LogP contribution >= 0.6 is 0 Å². The molecule has 0 fully saturated rings. The van der Waals surface area contributed by atoms with Crippen LogP contribution in [0, 0.1) is 0 Å². The summed E-state index contributed by atoms with van der Waals surface area (Å²) in [7, 11) is 0. The lowest BCUT2D eigenvalue weighted by molar-refractivity contribution is -0.139. The van der Waals surface area contributed by atoms with Gasteiger partial charge >= 0.3 is 5.97 Å². The van der Waals surface area contributed by atoms with Gasteiger partial charge in [-0.1, -0.05) is 24.3 Å². The number of fused-ring (bicyclic) bond motifs is 1. The predicted molar refractivity (Wildman–Crippen MR) is 86.6 cm³/mol. The highest BCUT2D eigenvalue weighted by Gasteiger charge is 2.36. The minimum absolute atomic E-state index is 0.287. The van der Waals surface area contributed by atoms with Crippen molar-refractivity contribution in [3.63, 3.8) is 0 Å². The second-order valence-electron chi connectivity index (χ2n) is 5.77. The van der Waals surface area contributed by atoms with Crippen LogP contribution in [0.3, 0.4) is 0 Å². The third-order valence-electron chi connectivity index (χ3n) is 4.15. The fourth-order valence-corrected chi connectivity index (χ4v) is 2.97. The summed E-state index contributed by atoms with van der Waals surface area (Å²) in [6.45, 7) is 1.65. The number of rotatable bonds is 5. The normalized spacial score (nSPS) is 20.0. The number of carboxylic acid groups (broad SMARTS) is 1. The van der Waals surface area contributed by atoms with Gasteiger partial charge in [-0.15, -0.1) is 0 Å². The van der Waals surface area contributed by atoms with Gasteiger partial charge < -0.3 is 15.2 Å². The molecular formula is C18H18N2O4. The molecule has 1 aromatic carbocycles. The van der Waals surface area contributed by atoms with E-state index >= 15 is 0 Å². The Bertz CT molecular complexity index is 748. The molecule has 6 heteroatoms. The second kappa shape index (κ2) is 6.70. The number of nitrogens with zero attached hydrogens (tertiary/aromatic N) is 1. The number of aromatic nitrogens is 1. The van der Waals surface area contributed by atoms with Gasteiger partial charge in [0.05, 0.1) is 18.2 Å². The second-order valence-corrected chi connectivity index (χ2v) is 5.77. The topological polar surface area (TPSA) is 88.5 Å². The molecule has 2 aromatic rings. The Morgan fingerprint density at radius 2 is 2.00 bits per heavy atom. The molecule has 3 atom stereocenters. The zero-order valence-electron chi connectivity index (χ0n) is 13.2. The number of nitrogens with one attached hydrogen (secondary N) is 1. The van der Waals surface area contributed by atoms with E-state index in [1.54, 1.807) is 31.3 Å². The van der Waals surface area contributed by atoms with E-state index in [0.717, 1.165) is 11.1 Å². The van der Waals surface area contributed by atoms with Gasteiger partial charge in [-0.25, -0.2) is 0 Å². The van der Waals surface area contributed by atoms with Crippen molar-refractivity contribution in [1.29, 1.82) is 0 Å². The maximum Gasteiger partial charge on any atom is 0.311 e. The highest BCUT2D eigenvalue weighted by atomic mass is 16.5. The molecule has 3 unspecified atom stereocenters. The van der Waals surface area contributed by atoms with Crippen molar-refractivity contribution in [3.05, 3.63) is 59.9 Å². The number of aliphatic carboxylic acids is 1. The number of carbonyl (C=O) groups is 2. The van der Waals surface area contributed by atoms with Crippen LogP contribution in [0.4, 0.5) is 0 Å². The summed E-state index contributed by atoms with van der Waals surface area (Å²) in [5.74, 6) is -1.25. The molecule has 1 aliphatic carbocycles. The summed E-state index contributed by atoms with van der Waals surface area (Å²) in [4.78, 5) is 27.7. The van der Waals surface area contributed by atoms with Crippen LogP contribution in [0.25, 0.3) is 0 Å². The van der Waals surface area contributed by atoms with Crippen LogP contribution < -0.4 is 10.1 Å². The first-order valence-electron chi connectivity index (χ1n) is 7.75. The van der Waals surface area contributed by atoms with E-state index in [4.69, 9.17) is 4.74 Å². The SMILES string of the molecule is CC(Oc1cccnc1)C(=O)NC1CC(C(=O)O)c2ccccc21. The summed E-state index contributed by atoms with van der Waals surface area (Å²) in [6, 6.07) is 10.4. The zero-order chi connectivity index (χ0) is 17.1. The highest BCUT2D eigenvalue weighted by Crippen LogP contribution is 2.40. The first kappa shape index (κ1) is 16.0. The lowest BCUT2D eigenvalue weighted by atomic mass is 10.0. The Hall–Kier alpha value is -2.89. The summed E-state index contributed by atoms with van der Waals surface area (Å²) in [5.41, 5.74) is 1.61. The fourth-order valence-electron chi connectivity index (χ4n) is 2.97. The summed E-state index contributed by atoms with van der Waals surface area (Å²) in [5, 5.41) is 12.3. The minimum atomic E-state index is -0.876. The third-order valence-corrected chi connectivity index (χ3v) is 4.15. The molecule has 6 nitrogen and oxygen atoms in total. The molecule has 0 saturated carbocycles. The molecule has 0 saturated heterocycles. The molecule has 2 N–H and O–H groups in total. The van der Waals surface area contributed by atoms with E-state index in [2.05, 4.69) is 10.3 Å². The largest absolute Gasteiger partial charge is 0.481 e. The number of carboxylic acids is 1. The van der Waals surface area contributed by atoms with Crippen molar-refractivity contribution in [1.82, 2.24) is 10.3 Å². The molecular weight excluding hydrogens is 308 g/mol. The number of amides is 1. The van der Waals surface area contributed by atoms with Crippen molar-refractivity contribution < 1.29 is 19.4 Å². The summed E-state index contributed by atoms with van der Waals surface area (Å²) < 4.78 is 5.56. The number of hydrogen-bond acceptors (Lipinski definition) is 4. The predicted octanol–water partition coefficient (Wildman–Crippen LogP) is 2.28. The van der Waals surface area contributed by atoms with Crippen molar-refractivity contribution >= 4 is 11.9 Å². The van der Waals surface area contributed by atoms with E-state index in [-0.39, 0.29) is 11.9 Å². The van der Waals surface area contributed by atoms with E-state index in [1.807, 2.05) is 18.2 Å². The van der Waals surface area contributed by atoms with Gasteiger partial charge in [0.1, 0.15) is 5.75 Å². The molecule has 124 valence electrons. The van der Waals surface area contributed by atoms with Crippen molar-refractivity contribution in [2.45, 2.75) is 31.4 Å². The Balaban J connectivity index is 1.70. The van der Waals surface area contributed by atoms with Crippen LogP contribution in [0.5, 0.6) is 5.75 Å². The molecule has 24 heavy (non-hydrogen) atoms. The van der Waals surface area contributed by atoms with Crippen molar-refractivity contribution in [2.75, 3.05) is 0 Å². The summed E-state index contributed by atoms with van der Waals surface area (Å²) in [6.07, 6.45) is 2.80. The van der Waals surface area contributed by atoms with Gasteiger partial charge in [-0.05, 0) is 36.6 Å². The van der Waals surface area contributed by atoms with E-state index < -0.39 is 18.0 Å². The molecule has 3 rings (SSSR count). The number of ether oxygens (including phenoxy) is 1. The quantitative estimate of drug-likeness (QED) is 0.880. The van der Waals surface area contributed by atoms with Gasteiger partial charge in [0.25, 0.3) is 5.91 Å². The van der Waals surface area contributed by atoms with Gasteiger partial charge in [-0.3, -0.25) is 14.6 Å². The van der Waals surface area contributed by atoms with Crippen molar-refractivity contribution in [2.24, 2.45) is 0 Å². The highest BCUT2D eigenvalue weighted by molar-refractivity contribution is 5.83. The number of hydrogen-bond donors (Lipinski definition) is 2. The van der Waals surface area contributed by atoms with Gasteiger partial charge in [0, 0.05) is 6.20 Å². The smallest absolute Gasteiger partial charge is 0.311 e. The zero-order valence-corrected chi connectivity index (χ0v) is 13.2. The molecule has 1 heterocycles. The first-order chi connectivity index (χ1) is 11.6. The minimum Gasteiger partial charge on any atom is -0.481 e. The maximum absolute atomic E-state index is 12.4. The molecule has 1 amide bonds. The molecule has 1 aromatic heterocycles. The number of benzene rings is 1. The van der Waals surface area contributed by atoms with E-state index in [1.165, 1.54) is 6.20 Å². The maximum atomic E-state index is 12.4. The number of pyridine rings is 1. The average molecular weight is 326 g/mol. The fraction of sp³-hybridized carbons (Fsp3) is 0.278. The molecule has 0 spiro atoms. The molecule has 0 radical (unpaired) electrons. The molecule has 1 aliphatic rings. The average Bonchev–Trinajstić information content (AvgIpc) is 2.95. The van der Waals surface area contributed by atoms with Crippen molar-refractivity contribution in [3.8, 4) is 5.75 Å². The van der Waals surface area contributed by atoms with Gasteiger partial charge in [0.2, 0.25) is 0 Å². The van der Waals surface area contributed by atoms with E-state index in [9.17, 15) is 14.7 Å². The van der Waals surface area contributed by atoms with E-state index in [0.29, 0.717) is 12.2 Å². The first-order valence-corrected chi connectivity index (χ1v) is 7.75. The van der Waals surface area contributed by atoms with Crippen LogP contribution in [-0.2, 0) is 9.59 Å². The Labute approximate surface area is 139 Å². The van der Waals surface area contributed by atoms with Crippen LogP contribution in [0.15, 0.2) is 48.8 Å². The molecule has 0 bridgehead atoms. The summed E-state index contributed by atoms with van der Waals surface area (Å²) >= 11 is 0. The monoisotopic (exact) mass is 326 g/mol. The Morgan fingerprint density at radius 3 is 2.67 bits per heavy atom. The standard InChI is InChI=1S/C18H18N2O4/c1-11(24-12-5-4-8-19-10-12)17(21)20-16-9-15(18(22)23)13-6-2-3-7-14(13)16/h2-8,10-11,15-16H,9H2,1H3,(H,20,21)(H,22,23). The lowest BCUT2D eigenvalue weighted by Crippen LogP contribution is -2.38. The van der Waals surface area contributed by atoms with Crippen LogP contribution in [0.2, 0.25) is 0 Å². The number of carbonyl (C=O) groups excluding carboxylic acids is 1. The molecule has 0 aliphatic heterocycles.